The van der Waals surface area contributed by atoms with Crippen molar-refractivity contribution in [2.24, 2.45) is 5.92 Å². The third kappa shape index (κ3) is 3.75. The van der Waals surface area contributed by atoms with Crippen molar-refractivity contribution in [1.82, 2.24) is 0 Å². The molecule has 1 aromatic carbocycles. The van der Waals surface area contributed by atoms with Crippen molar-refractivity contribution in [2.75, 3.05) is 18.9 Å². The van der Waals surface area contributed by atoms with Crippen molar-refractivity contribution in [3.63, 3.8) is 0 Å². The second-order valence-electron chi connectivity index (χ2n) is 3.33. The van der Waals surface area contributed by atoms with E-state index in [2.05, 4.69) is 0 Å². The van der Waals surface area contributed by atoms with E-state index in [1.165, 1.54) is 0 Å². The molecule has 0 fully saturated rings. The van der Waals surface area contributed by atoms with E-state index >= 15 is 0 Å². The predicted molar refractivity (Wildman–Crippen MR) is 66.6 cm³/mol. The van der Waals surface area contributed by atoms with E-state index in [1.54, 1.807) is 13.2 Å². The zero-order valence-corrected chi connectivity index (χ0v) is 10.7. The molecule has 1 rings (SSSR count). The molecule has 0 atom stereocenters. The maximum absolute atomic E-state index is 5.92. The van der Waals surface area contributed by atoms with E-state index in [0.717, 1.165) is 17.7 Å². The average molecular weight is 268 g/mol. The Bertz CT molecular complexity index is 311. The van der Waals surface area contributed by atoms with Crippen molar-refractivity contribution in [1.29, 1.82) is 0 Å². The van der Waals surface area contributed by atoms with E-state index < -0.39 is 0 Å². The lowest BCUT2D eigenvalue weighted by Crippen LogP contribution is -2.09. The van der Waals surface area contributed by atoms with Crippen molar-refractivity contribution < 1.29 is 4.74 Å². The van der Waals surface area contributed by atoms with Gasteiger partial charge in [0.25, 0.3) is 0 Å². The Balaban J connectivity index is 2.86. The summed E-state index contributed by atoms with van der Waals surface area (Å²) in [5.74, 6) is 2.17. The lowest BCUT2D eigenvalue weighted by atomic mass is 10.0. The van der Waals surface area contributed by atoms with Crippen molar-refractivity contribution >= 4 is 34.8 Å². The third-order valence-corrected chi connectivity index (χ3v) is 3.30. The Morgan fingerprint density at radius 2 is 1.93 bits per heavy atom. The molecule has 0 unspecified atom stereocenters. The minimum atomic E-state index is 0.251. The van der Waals surface area contributed by atoms with Crippen LogP contribution >= 0.6 is 34.8 Å². The highest BCUT2D eigenvalue weighted by Crippen LogP contribution is 2.25. The van der Waals surface area contributed by atoms with Crippen LogP contribution in [-0.4, -0.2) is 18.9 Å². The van der Waals surface area contributed by atoms with Gasteiger partial charge in [-0.2, -0.15) is 0 Å². The highest BCUT2D eigenvalue weighted by atomic mass is 35.5. The van der Waals surface area contributed by atoms with E-state index in [1.807, 2.05) is 12.1 Å². The molecular weight excluding hydrogens is 254 g/mol. The molecule has 0 aliphatic rings. The smallest absolute Gasteiger partial charge is 0.122 e. The van der Waals surface area contributed by atoms with Crippen LogP contribution in [0.2, 0.25) is 5.02 Å². The summed E-state index contributed by atoms with van der Waals surface area (Å²) in [6, 6.07) is 5.56. The Hall–Kier alpha value is -0.110. The maximum atomic E-state index is 5.92. The van der Waals surface area contributed by atoms with Gasteiger partial charge in [-0.3, -0.25) is 0 Å². The van der Waals surface area contributed by atoms with Crippen LogP contribution in [0.5, 0.6) is 5.75 Å². The number of benzene rings is 1. The van der Waals surface area contributed by atoms with Gasteiger partial charge < -0.3 is 4.74 Å². The zero-order valence-electron chi connectivity index (χ0n) is 8.47. The Labute approximate surface area is 105 Å². The topological polar surface area (TPSA) is 9.23 Å². The van der Waals surface area contributed by atoms with E-state index in [4.69, 9.17) is 39.5 Å². The van der Waals surface area contributed by atoms with Gasteiger partial charge in [-0.1, -0.05) is 11.6 Å². The van der Waals surface area contributed by atoms with Gasteiger partial charge >= 0.3 is 0 Å². The van der Waals surface area contributed by atoms with Crippen molar-refractivity contribution in [2.45, 2.75) is 6.42 Å². The lowest BCUT2D eigenvalue weighted by Gasteiger charge is -2.13. The van der Waals surface area contributed by atoms with Crippen LogP contribution in [0.1, 0.15) is 5.56 Å². The molecular formula is C11H13Cl3O. The summed E-state index contributed by atoms with van der Waals surface area (Å²) in [5.41, 5.74) is 1.05. The number of hydrogen-bond acceptors (Lipinski definition) is 1. The molecule has 0 saturated carbocycles. The van der Waals surface area contributed by atoms with Gasteiger partial charge in [0.1, 0.15) is 5.75 Å². The molecule has 0 aliphatic heterocycles. The molecule has 0 bridgehead atoms. The monoisotopic (exact) mass is 266 g/mol. The molecule has 15 heavy (non-hydrogen) atoms. The molecule has 0 amide bonds. The molecule has 4 heteroatoms. The Kier molecular flexibility index (Phi) is 5.59. The molecule has 0 N–H and O–H groups in total. The maximum Gasteiger partial charge on any atom is 0.122 e. The highest BCUT2D eigenvalue weighted by Gasteiger charge is 2.11. The molecule has 1 nitrogen and oxygen atoms in total. The zero-order chi connectivity index (χ0) is 11.3. The lowest BCUT2D eigenvalue weighted by molar-refractivity contribution is 0.407. The van der Waals surface area contributed by atoms with Gasteiger partial charge in [0.05, 0.1) is 7.11 Å². The predicted octanol–water partition coefficient (Wildman–Crippen LogP) is 3.98. The van der Waals surface area contributed by atoms with Crippen LogP contribution in [0.4, 0.5) is 0 Å². The van der Waals surface area contributed by atoms with Gasteiger partial charge in [-0.25, -0.2) is 0 Å². The average Bonchev–Trinajstić information content (AvgIpc) is 2.26. The van der Waals surface area contributed by atoms with Crippen LogP contribution in [-0.2, 0) is 6.42 Å². The summed E-state index contributed by atoms with van der Waals surface area (Å²) in [7, 11) is 1.64. The normalized spacial score (nSPS) is 10.7. The quantitative estimate of drug-likeness (QED) is 0.733. The highest BCUT2D eigenvalue weighted by molar-refractivity contribution is 6.30. The van der Waals surface area contributed by atoms with Crippen molar-refractivity contribution in [3.05, 3.63) is 28.8 Å². The number of hydrogen-bond donors (Lipinski definition) is 0. The van der Waals surface area contributed by atoms with E-state index in [9.17, 15) is 0 Å². The minimum Gasteiger partial charge on any atom is -0.496 e. The first-order chi connectivity index (χ1) is 7.21. The van der Waals surface area contributed by atoms with Crippen LogP contribution in [0.15, 0.2) is 18.2 Å². The fourth-order valence-corrected chi connectivity index (χ4v) is 2.11. The van der Waals surface area contributed by atoms with Crippen LogP contribution in [0, 0.1) is 5.92 Å². The van der Waals surface area contributed by atoms with Gasteiger partial charge in [0, 0.05) is 16.8 Å². The van der Waals surface area contributed by atoms with Gasteiger partial charge in [-0.05, 0) is 36.1 Å². The number of methoxy groups -OCH3 is 1. The number of ether oxygens (including phenoxy) is 1. The summed E-state index contributed by atoms with van der Waals surface area (Å²) in [6.07, 6.45) is 0.788. The van der Waals surface area contributed by atoms with Crippen LogP contribution < -0.4 is 4.74 Å². The summed E-state index contributed by atoms with van der Waals surface area (Å²) in [6.45, 7) is 0. The first-order valence-corrected chi connectivity index (χ1v) is 6.10. The summed E-state index contributed by atoms with van der Waals surface area (Å²) >= 11 is 17.5. The molecule has 0 heterocycles. The van der Waals surface area contributed by atoms with Crippen LogP contribution in [0.25, 0.3) is 0 Å². The summed E-state index contributed by atoms with van der Waals surface area (Å²) in [5, 5.41) is 0.702. The fraction of sp³-hybridized carbons (Fsp3) is 0.455. The largest absolute Gasteiger partial charge is 0.496 e. The molecule has 0 radical (unpaired) electrons. The van der Waals surface area contributed by atoms with Gasteiger partial charge in [-0.15, -0.1) is 23.2 Å². The number of alkyl halides is 2. The molecule has 0 spiro atoms. The van der Waals surface area contributed by atoms with Gasteiger partial charge in [0.2, 0.25) is 0 Å². The molecule has 1 aromatic rings. The van der Waals surface area contributed by atoms with Crippen LogP contribution in [0.3, 0.4) is 0 Å². The first-order valence-electron chi connectivity index (χ1n) is 4.65. The second-order valence-corrected chi connectivity index (χ2v) is 4.39. The molecule has 84 valence electrons. The summed E-state index contributed by atoms with van der Waals surface area (Å²) < 4.78 is 5.25. The number of rotatable bonds is 5. The SMILES string of the molecule is COc1ccc(Cl)cc1CC(CCl)CCl. The Morgan fingerprint density at radius 1 is 1.27 bits per heavy atom. The van der Waals surface area contributed by atoms with E-state index in [0.29, 0.717) is 16.8 Å². The molecule has 0 saturated heterocycles. The second kappa shape index (κ2) is 6.47. The Morgan fingerprint density at radius 3 is 2.47 bits per heavy atom. The van der Waals surface area contributed by atoms with E-state index in [-0.39, 0.29) is 5.92 Å². The standard InChI is InChI=1S/C11H13Cl3O/c1-15-11-3-2-10(14)5-9(11)4-8(6-12)7-13/h2-3,5,8H,4,6-7H2,1H3. The third-order valence-electron chi connectivity index (χ3n) is 2.19. The number of halogens is 3. The summed E-state index contributed by atoms with van der Waals surface area (Å²) in [4.78, 5) is 0. The fourth-order valence-electron chi connectivity index (χ4n) is 1.37. The minimum absolute atomic E-state index is 0.251. The molecule has 0 aromatic heterocycles. The first kappa shape index (κ1) is 13.0. The van der Waals surface area contributed by atoms with Crippen molar-refractivity contribution in [3.8, 4) is 5.75 Å². The molecule has 0 aliphatic carbocycles. The van der Waals surface area contributed by atoms with Gasteiger partial charge in [0.15, 0.2) is 0 Å².